The van der Waals surface area contributed by atoms with Crippen LogP contribution in [0.1, 0.15) is 31.0 Å². The molecule has 28 heavy (non-hydrogen) atoms. The summed E-state index contributed by atoms with van der Waals surface area (Å²) in [4.78, 5) is 27.2. The van der Waals surface area contributed by atoms with Gasteiger partial charge in [0.15, 0.2) is 11.4 Å². The van der Waals surface area contributed by atoms with E-state index in [9.17, 15) is 4.79 Å². The molecule has 4 heterocycles. The van der Waals surface area contributed by atoms with Gasteiger partial charge in [-0.05, 0) is 30.9 Å². The van der Waals surface area contributed by atoms with Gasteiger partial charge in [-0.15, -0.1) is 0 Å². The van der Waals surface area contributed by atoms with Gasteiger partial charge in [-0.2, -0.15) is 9.97 Å². The van der Waals surface area contributed by atoms with Crippen molar-refractivity contribution in [3.63, 3.8) is 0 Å². The Bertz CT molecular complexity index is 906. The molecule has 10 nitrogen and oxygen atoms in total. The van der Waals surface area contributed by atoms with Crippen molar-refractivity contribution in [1.82, 2.24) is 25.4 Å². The topological polar surface area (TPSA) is 119 Å². The molecule has 0 saturated carbocycles. The minimum Gasteiger partial charge on any atom is -0.422 e. The van der Waals surface area contributed by atoms with E-state index in [0.29, 0.717) is 35.4 Å². The first-order valence-electron chi connectivity index (χ1n) is 9.25. The minimum atomic E-state index is -0.0439. The predicted molar refractivity (Wildman–Crippen MR) is 98.2 cm³/mol. The van der Waals surface area contributed by atoms with Crippen LogP contribution in [0.4, 0.5) is 6.01 Å². The van der Waals surface area contributed by atoms with E-state index in [-0.39, 0.29) is 25.0 Å². The summed E-state index contributed by atoms with van der Waals surface area (Å²) < 4.78 is 15.8. The van der Waals surface area contributed by atoms with E-state index in [4.69, 9.17) is 13.7 Å². The number of ether oxygens (including phenoxy) is 1. The van der Waals surface area contributed by atoms with Crippen LogP contribution in [0.3, 0.4) is 0 Å². The average molecular weight is 386 g/mol. The first kappa shape index (κ1) is 18.4. The third kappa shape index (κ3) is 4.28. The monoisotopic (exact) mass is 386 g/mol. The van der Waals surface area contributed by atoms with Crippen LogP contribution in [0.15, 0.2) is 27.3 Å². The number of oxazole rings is 1. The molecule has 1 aliphatic heterocycles. The molecule has 1 fully saturated rings. The number of fused-ring (bicyclic) bond motifs is 1. The lowest BCUT2D eigenvalue weighted by molar-refractivity contribution is -0.122. The average Bonchev–Trinajstić information content (AvgIpc) is 3.33. The molecule has 1 saturated heterocycles. The highest BCUT2D eigenvalue weighted by Crippen LogP contribution is 2.26. The molecule has 1 atom stereocenters. The van der Waals surface area contributed by atoms with E-state index in [1.54, 1.807) is 13.3 Å². The highest BCUT2D eigenvalue weighted by molar-refractivity contribution is 5.76. The number of aromatic nitrogens is 4. The molecule has 0 aromatic carbocycles. The van der Waals surface area contributed by atoms with Gasteiger partial charge >= 0.3 is 0 Å². The Labute approximate surface area is 161 Å². The van der Waals surface area contributed by atoms with Gasteiger partial charge in [0, 0.05) is 32.8 Å². The molecule has 1 amide bonds. The second-order valence-electron chi connectivity index (χ2n) is 6.79. The van der Waals surface area contributed by atoms with Crippen LogP contribution in [0.5, 0.6) is 0 Å². The molecule has 10 heteroatoms. The summed E-state index contributed by atoms with van der Waals surface area (Å²) in [7, 11) is 1.56. The van der Waals surface area contributed by atoms with Crippen molar-refractivity contribution in [2.75, 3.05) is 25.1 Å². The first-order chi connectivity index (χ1) is 13.7. The third-order valence-electron chi connectivity index (χ3n) is 4.64. The van der Waals surface area contributed by atoms with Crippen molar-refractivity contribution in [3.8, 4) is 0 Å². The van der Waals surface area contributed by atoms with Crippen LogP contribution in [-0.4, -0.2) is 46.2 Å². The van der Waals surface area contributed by atoms with Gasteiger partial charge in [0.25, 0.3) is 6.01 Å². The number of nitrogens with zero attached hydrogens (tertiary/aromatic N) is 5. The Morgan fingerprint density at radius 3 is 3.21 bits per heavy atom. The zero-order valence-corrected chi connectivity index (χ0v) is 15.6. The molecule has 1 unspecified atom stereocenters. The number of methoxy groups -OCH3 is 1. The van der Waals surface area contributed by atoms with Gasteiger partial charge in [0.05, 0.1) is 6.54 Å². The number of hydrogen-bond acceptors (Lipinski definition) is 9. The Hall–Kier alpha value is -3.01. The van der Waals surface area contributed by atoms with Crippen LogP contribution in [0.25, 0.3) is 11.2 Å². The molecule has 1 N–H and O–H groups in total. The number of amides is 1. The van der Waals surface area contributed by atoms with Gasteiger partial charge in [-0.25, -0.2) is 4.98 Å². The fraction of sp³-hybridized carbons (Fsp3) is 0.500. The van der Waals surface area contributed by atoms with Crippen molar-refractivity contribution in [3.05, 3.63) is 30.0 Å². The predicted octanol–water partition coefficient (Wildman–Crippen LogP) is 1.68. The number of anilines is 1. The van der Waals surface area contributed by atoms with Crippen molar-refractivity contribution >= 4 is 23.2 Å². The van der Waals surface area contributed by atoms with E-state index in [2.05, 4.69) is 30.3 Å². The normalized spacial score (nSPS) is 17.2. The van der Waals surface area contributed by atoms with Crippen molar-refractivity contribution in [2.24, 2.45) is 5.92 Å². The molecular formula is C18H22N6O4. The molecule has 3 aromatic rings. The molecule has 0 radical (unpaired) electrons. The summed E-state index contributed by atoms with van der Waals surface area (Å²) >= 11 is 0. The number of hydrogen-bond donors (Lipinski definition) is 1. The maximum Gasteiger partial charge on any atom is 0.299 e. The Kier molecular flexibility index (Phi) is 5.47. The minimum absolute atomic E-state index is 0.0439. The summed E-state index contributed by atoms with van der Waals surface area (Å²) in [5.41, 5.74) is 1.27. The number of nitrogens with one attached hydrogen (secondary N) is 1. The van der Waals surface area contributed by atoms with Gasteiger partial charge in [-0.1, -0.05) is 5.16 Å². The fourth-order valence-corrected chi connectivity index (χ4v) is 3.36. The largest absolute Gasteiger partial charge is 0.422 e. The number of piperidine rings is 1. The Morgan fingerprint density at radius 2 is 2.36 bits per heavy atom. The second-order valence-corrected chi connectivity index (χ2v) is 6.79. The lowest BCUT2D eigenvalue weighted by atomic mass is 9.95. The number of carbonyl (C=O) groups excluding carboxylic acids is 1. The van der Waals surface area contributed by atoms with E-state index >= 15 is 0 Å². The van der Waals surface area contributed by atoms with Gasteiger partial charge in [0.2, 0.25) is 17.4 Å². The zero-order chi connectivity index (χ0) is 19.3. The van der Waals surface area contributed by atoms with Crippen LogP contribution in [0.2, 0.25) is 0 Å². The molecular weight excluding hydrogens is 364 g/mol. The van der Waals surface area contributed by atoms with Gasteiger partial charge in [0.1, 0.15) is 6.61 Å². The SMILES string of the molecule is COCc1noc(CNC(=O)CC2CCCN(c3nc4ncccc4o3)C2)n1. The van der Waals surface area contributed by atoms with Crippen LogP contribution < -0.4 is 10.2 Å². The van der Waals surface area contributed by atoms with Gasteiger partial charge < -0.3 is 23.9 Å². The van der Waals surface area contributed by atoms with Crippen molar-refractivity contribution in [2.45, 2.75) is 32.4 Å². The maximum absolute atomic E-state index is 12.3. The van der Waals surface area contributed by atoms with E-state index in [0.717, 1.165) is 25.9 Å². The van der Waals surface area contributed by atoms with Crippen LogP contribution in [0, 0.1) is 5.92 Å². The highest BCUT2D eigenvalue weighted by atomic mass is 16.5. The molecule has 0 aliphatic carbocycles. The Balaban J connectivity index is 1.29. The third-order valence-corrected chi connectivity index (χ3v) is 4.64. The fourth-order valence-electron chi connectivity index (χ4n) is 3.36. The molecule has 4 rings (SSSR count). The lowest BCUT2D eigenvalue weighted by Gasteiger charge is -2.31. The molecule has 0 spiro atoms. The molecule has 148 valence electrons. The van der Waals surface area contributed by atoms with Crippen molar-refractivity contribution < 1.29 is 18.5 Å². The maximum atomic E-state index is 12.3. The summed E-state index contributed by atoms with van der Waals surface area (Å²) in [6, 6.07) is 4.24. The quantitative estimate of drug-likeness (QED) is 0.646. The van der Waals surface area contributed by atoms with Gasteiger partial charge in [-0.3, -0.25) is 4.79 Å². The molecule has 3 aromatic heterocycles. The van der Waals surface area contributed by atoms with Crippen LogP contribution >= 0.6 is 0 Å². The highest BCUT2D eigenvalue weighted by Gasteiger charge is 2.25. The summed E-state index contributed by atoms with van der Waals surface area (Å²) in [5.74, 6) is 1.01. The Morgan fingerprint density at radius 1 is 1.43 bits per heavy atom. The van der Waals surface area contributed by atoms with E-state index in [1.807, 2.05) is 12.1 Å². The first-order valence-corrected chi connectivity index (χ1v) is 9.25. The van der Waals surface area contributed by atoms with Crippen LogP contribution in [-0.2, 0) is 22.7 Å². The molecule has 1 aliphatic rings. The lowest BCUT2D eigenvalue weighted by Crippen LogP contribution is -2.38. The smallest absolute Gasteiger partial charge is 0.299 e. The zero-order valence-electron chi connectivity index (χ0n) is 15.6. The van der Waals surface area contributed by atoms with E-state index < -0.39 is 0 Å². The number of pyridine rings is 1. The standard InChI is InChI=1S/C18H22N6O4/c1-26-11-14-21-16(28-23-14)9-20-15(25)8-12-4-3-7-24(10-12)18-22-17-13(27-18)5-2-6-19-17/h2,5-6,12H,3-4,7-11H2,1H3,(H,20,25). The number of carbonyl (C=O) groups is 1. The summed E-state index contributed by atoms with van der Waals surface area (Å²) in [5, 5.41) is 6.60. The number of rotatable bonds is 7. The van der Waals surface area contributed by atoms with Crippen molar-refractivity contribution in [1.29, 1.82) is 0 Å². The summed E-state index contributed by atoms with van der Waals surface area (Å²) in [6.07, 6.45) is 4.09. The summed E-state index contributed by atoms with van der Waals surface area (Å²) in [6.45, 7) is 2.07. The molecule has 0 bridgehead atoms. The second kappa shape index (κ2) is 8.34. The van der Waals surface area contributed by atoms with E-state index in [1.165, 1.54) is 0 Å².